The molecule has 65 heavy (non-hydrogen) atoms. The maximum atomic E-state index is 14.1. The summed E-state index contributed by atoms with van der Waals surface area (Å²) >= 11 is 0. The van der Waals surface area contributed by atoms with E-state index in [0.29, 0.717) is 25.8 Å². The molecule has 1 aromatic carbocycles. The van der Waals surface area contributed by atoms with Crippen LogP contribution in [0.4, 0.5) is 0 Å². The van der Waals surface area contributed by atoms with Crippen molar-refractivity contribution in [2.45, 2.75) is 134 Å². The first-order valence-corrected chi connectivity index (χ1v) is 21.6. The number of hydrogen-bond donors (Lipinski definition) is 12. The van der Waals surface area contributed by atoms with Crippen LogP contribution in [-0.2, 0) is 54.4 Å². The zero-order chi connectivity index (χ0) is 49.0. The molecule has 2 rings (SSSR count). The monoisotopic (exact) mass is 917 g/mol. The van der Waals surface area contributed by atoms with Crippen LogP contribution in [0.25, 0.3) is 0 Å². The molecular weight excluding hydrogens is 851 g/mol. The zero-order valence-corrected chi connectivity index (χ0v) is 37.4. The Morgan fingerprint density at radius 1 is 0.708 bits per heavy atom. The molecule has 0 bridgehead atoms. The Morgan fingerprint density at radius 2 is 1.26 bits per heavy atom. The molecule has 16 N–H and O–H groups in total. The van der Waals surface area contributed by atoms with Gasteiger partial charge in [-0.15, -0.1) is 0 Å². The standard InChI is InChI=1S/C42H67N11O12/c1-5-23(4)35(41(63)51-34(22(2)3)40(62)49-28(42(64)65)14-16-32(45)56)52-39(61)30-12-9-17-53(30)20-25(18-24-10-7-6-8-11-24)47-38(60)29(19-33(46)57)50-37(59)27(13-15-31(44)55)48-36(58)26(43)21-54/h6-8,10-11,22-23,25-30,34-35,54H,5,9,12-21,43H2,1-4H3,(H2,44,55)(H2,45,56)(H2,46,57)(H,47,60)(H,48,58)(H,49,62)(H,50,59)(H,51,63)(H,52,61)(H,64,65)/t23-,25-,26+,27+,28-,29-,30-,34-,35+/m0/s1. The molecule has 1 aromatic rings. The smallest absolute Gasteiger partial charge is 0.326 e. The Balaban J connectivity index is 2.35. The minimum Gasteiger partial charge on any atom is -0.480 e. The van der Waals surface area contributed by atoms with Crippen molar-refractivity contribution in [3.63, 3.8) is 0 Å². The van der Waals surface area contributed by atoms with E-state index in [2.05, 4.69) is 31.9 Å². The van der Waals surface area contributed by atoms with Crippen molar-refractivity contribution in [3.05, 3.63) is 35.9 Å². The second-order valence-corrected chi connectivity index (χ2v) is 16.6. The molecule has 1 saturated heterocycles. The van der Waals surface area contributed by atoms with E-state index in [4.69, 9.17) is 22.9 Å². The van der Waals surface area contributed by atoms with E-state index < -0.39 is 132 Å². The molecule has 1 fully saturated rings. The Kier molecular flexibility index (Phi) is 23.0. The van der Waals surface area contributed by atoms with Gasteiger partial charge in [0.2, 0.25) is 53.2 Å². The fraction of sp³-hybridized carbons (Fsp3) is 0.619. The fourth-order valence-corrected chi connectivity index (χ4v) is 7.12. The molecule has 9 atom stereocenters. The van der Waals surface area contributed by atoms with Crippen molar-refractivity contribution in [1.82, 2.24) is 36.8 Å². The lowest BCUT2D eigenvalue weighted by molar-refractivity contribution is -0.143. The number of likely N-dealkylation sites (tertiary alicyclic amines) is 1. The number of aliphatic carboxylic acids is 1. The average molecular weight is 918 g/mol. The third-order valence-corrected chi connectivity index (χ3v) is 11.0. The first-order valence-electron chi connectivity index (χ1n) is 21.6. The topological polar surface area (TPSA) is 391 Å². The molecule has 1 heterocycles. The van der Waals surface area contributed by atoms with Gasteiger partial charge < -0.3 is 65.0 Å². The third-order valence-electron chi connectivity index (χ3n) is 11.0. The van der Waals surface area contributed by atoms with Crippen LogP contribution in [0.5, 0.6) is 0 Å². The lowest BCUT2D eigenvalue weighted by Crippen LogP contribution is -2.60. The molecule has 0 aliphatic carbocycles. The number of carboxylic acids is 1. The number of carbonyl (C=O) groups excluding carboxylic acids is 9. The lowest BCUT2D eigenvalue weighted by atomic mass is 9.95. The van der Waals surface area contributed by atoms with Crippen molar-refractivity contribution < 1.29 is 58.2 Å². The average Bonchev–Trinajstić information content (AvgIpc) is 3.71. The van der Waals surface area contributed by atoms with E-state index >= 15 is 0 Å². The van der Waals surface area contributed by atoms with Gasteiger partial charge in [0.15, 0.2) is 0 Å². The van der Waals surface area contributed by atoms with Crippen molar-refractivity contribution in [1.29, 1.82) is 0 Å². The molecule has 0 radical (unpaired) electrons. The molecule has 0 saturated carbocycles. The molecule has 0 unspecified atom stereocenters. The van der Waals surface area contributed by atoms with Crippen LogP contribution in [0.1, 0.15) is 84.6 Å². The summed E-state index contributed by atoms with van der Waals surface area (Å²) in [6.45, 7) is 6.60. The van der Waals surface area contributed by atoms with E-state index in [1.54, 1.807) is 39.0 Å². The van der Waals surface area contributed by atoms with Crippen LogP contribution < -0.4 is 54.8 Å². The number of aliphatic hydroxyl groups excluding tert-OH is 1. The highest BCUT2D eigenvalue weighted by Crippen LogP contribution is 2.21. The van der Waals surface area contributed by atoms with Gasteiger partial charge >= 0.3 is 5.97 Å². The van der Waals surface area contributed by atoms with Gasteiger partial charge in [0.05, 0.1) is 19.1 Å². The van der Waals surface area contributed by atoms with Crippen LogP contribution in [0.2, 0.25) is 0 Å². The van der Waals surface area contributed by atoms with E-state index in [-0.39, 0.29) is 38.6 Å². The van der Waals surface area contributed by atoms with Gasteiger partial charge in [-0.3, -0.25) is 48.1 Å². The Bertz CT molecular complexity index is 1830. The number of carboxylic acid groups (broad SMARTS) is 1. The predicted octanol–water partition coefficient (Wildman–Crippen LogP) is -3.89. The Hall–Kier alpha value is -6.20. The fourth-order valence-electron chi connectivity index (χ4n) is 7.12. The van der Waals surface area contributed by atoms with E-state index in [0.717, 1.165) is 5.56 Å². The van der Waals surface area contributed by atoms with Gasteiger partial charge in [-0.25, -0.2) is 4.79 Å². The second kappa shape index (κ2) is 27.2. The van der Waals surface area contributed by atoms with Crippen molar-refractivity contribution in [3.8, 4) is 0 Å². The Morgan fingerprint density at radius 3 is 1.80 bits per heavy atom. The van der Waals surface area contributed by atoms with Crippen LogP contribution in [0.15, 0.2) is 30.3 Å². The number of nitrogens with two attached hydrogens (primary N) is 4. The SMILES string of the molecule is CC[C@H](C)[C@@H](NC(=O)[C@@H]1CCCN1C[C@H](Cc1ccccc1)NC(=O)[C@H](CC(N)=O)NC(=O)[C@@H](CCC(N)=O)NC(=O)[C@H](N)CO)C(=O)N[C@H](C(=O)N[C@@H](CCC(N)=O)C(=O)O)C(C)C. The summed E-state index contributed by atoms with van der Waals surface area (Å²) in [5, 5.41) is 34.4. The van der Waals surface area contributed by atoms with Crippen molar-refractivity contribution in [2.75, 3.05) is 19.7 Å². The van der Waals surface area contributed by atoms with E-state index in [1.807, 2.05) is 24.0 Å². The van der Waals surface area contributed by atoms with Gasteiger partial charge in [-0.1, -0.05) is 64.4 Å². The first-order chi connectivity index (χ1) is 30.6. The minimum atomic E-state index is -1.56. The number of nitrogens with zero attached hydrogens (tertiary/aromatic N) is 1. The molecular formula is C42H67N11O12. The number of benzene rings is 1. The molecule has 23 heteroatoms. The molecule has 362 valence electrons. The molecule has 1 aliphatic rings. The molecule has 23 nitrogen and oxygen atoms in total. The van der Waals surface area contributed by atoms with Crippen molar-refractivity contribution in [2.24, 2.45) is 34.8 Å². The van der Waals surface area contributed by atoms with E-state index in [1.165, 1.54) is 0 Å². The number of hydrogen-bond acceptors (Lipinski definition) is 13. The number of aliphatic hydroxyl groups is 1. The van der Waals surface area contributed by atoms with Crippen molar-refractivity contribution >= 4 is 59.1 Å². The number of primary amides is 3. The number of nitrogens with one attached hydrogen (secondary N) is 6. The first kappa shape index (κ1) is 54.9. The van der Waals surface area contributed by atoms with Crippen LogP contribution in [-0.4, -0.2) is 142 Å². The third kappa shape index (κ3) is 18.8. The lowest BCUT2D eigenvalue weighted by Gasteiger charge is -2.32. The zero-order valence-electron chi connectivity index (χ0n) is 37.4. The van der Waals surface area contributed by atoms with Crippen LogP contribution in [0, 0.1) is 11.8 Å². The summed E-state index contributed by atoms with van der Waals surface area (Å²) in [6.07, 6.45) is -0.245. The number of rotatable bonds is 29. The van der Waals surface area contributed by atoms with Crippen LogP contribution in [0.3, 0.4) is 0 Å². The van der Waals surface area contributed by atoms with Crippen LogP contribution >= 0.6 is 0 Å². The summed E-state index contributed by atoms with van der Waals surface area (Å²) < 4.78 is 0. The number of amides is 9. The van der Waals surface area contributed by atoms with Gasteiger partial charge in [0.25, 0.3) is 0 Å². The molecule has 0 spiro atoms. The predicted molar refractivity (Wildman–Crippen MR) is 234 cm³/mol. The highest BCUT2D eigenvalue weighted by atomic mass is 16.4. The summed E-state index contributed by atoms with van der Waals surface area (Å²) in [5.74, 6) is -9.54. The maximum Gasteiger partial charge on any atom is 0.326 e. The quantitative estimate of drug-likeness (QED) is 0.0366. The highest BCUT2D eigenvalue weighted by molar-refractivity contribution is 5.96. The summed E-state index contributed by atoms with van der Waals surface area (Å²) in [4.78, 5) is 130. The molecule has 1 aliphatic heterocycles. The van der Waals surface area contributed by atoms with Gasteiger partial charge in [0, 0.05) is 25.4 Å². The summed E-state index contributed by atoms with van der Waals surface area (Å²) in [7, 11) is 0. The Labute approximate surface area is 377 Å². The molecule has 0 aromatic heterocycles. The largest absolute Gasteiger partial charge is 0.480 e. The molecule has 9 amide bonds. The minimum absolute atomic E-state index is 0.0859. The van der Waals surface area contributed by atoms with Gasteiger partial charge in [-0.2, -0.15) is 0 Å². The normalized spacial score (nSPS) is 17.4. The van der Waals surface area contributed by atoms with Gasteiger partial charge in [-0.05, 0) is 56.0 Å². The second-order valence-electron chi connectivity index (χ2n) is 16.6. The highest BCUT2D eigenvalue weighted by Gasteiger charge is 2.38. The summed E-state index contributed by atoms with van der Waals surface area (Å²) in [6, 6.07) is -0.683. The summed E-state index contributed by atoms with van der Waals surface area (Å²) in [5.41, 5.74) is 22.3. The maximum absolute atomic E-state index is 14.1. The van der Waals surface area contributed by atoms with Gasteiger partial charge in [0.1, 0.15) is 36.3 Å². The van der Waals surface area contributed by atoms with E-state index in [9.17, 15) is 58.2 Å². The number of carbonyl (C=O) groups is 10.